The van der Waals surface area contributed by atoms with E-state index in [1.54, 1.807) is 18.0 Å². The van der Waals surface area contributed by atoms with E-state index < -0.39 is 0 Å². The molecule has 1 aromatic carbocycles. The van der Waals surface area contributed by atoms with Crippen molar-refractivity contribution in [1.82, 2.24) is 14.8 Å². The average Bonchev–Trinajstić information content (AvgIpc) is 3.22. The summed E-state index contributed by atoms with van der Waals surface area (Å²) in [5, 5.41) is 18.3. The van der Waals surface area contributed by atoms with E-state index in [1.807, 2.05) is 24.3 Å². The van der Waals surface area contributed by atoms with Crippen molar-refractivity contribution in [2.24, 2.45) is 0 Å². The van der Waals surface area contributed by atoms with Gasteiger partial charge in [0, 0.05) is 17.7 Å². The van der Waals surface area contributed by atoms with E-state index in [4.69, 9.17) is 9.68 Å². The molecule has 0 amide bonds. The van der Waals surface area contributed by atoms with E-state index in [0.29, 0.717) is 13.0 Å². The van der Waals surface area contributed by atoms with Crippen LogP contribution in [-0.4, -0.2) is 20.5 Å². The molecule has 3 rings (SSSR count). The number of aryl methyl sites for hydroxylation is 1. The molecule has 0 bridgehead atoms. The number of unbranched alkanes of at least 4 members (excludes halogenated alkanes) is 1. The van der Waals surface area contributed by atoms with Crippen LogP contribution >= 0.6 is 11.8 Å². The molecule has 0 spiro atoms. The fraction of sp³-hybridized carbons (Fsp3) is 0.278. The quantitative estimate of drug-likeness (QED) is 0.475. The largest absolute Gasteiger partial charge is 0.467 e. The number of hydrogen-bond donors (Lipinski definition) is 0. The third-order valence-electron chi connectivity index (χ3n) is 3.55. The van der Waals surface area contributed by atoms with Gasteiger partial charge < -0.3 is 4.42 Å². The number of nitrogens with zero attached hydrogens (tertiary/aromatic N) is 4. The fourth-order valence-electron chi connectivity index (χ4n) is 2.41. The molecule has 0 unspecified atom stereocenters. The number of aromatic nitrogens is 3. The fourth-order valence-corrected chi connectivity index (χ4v) is 3.29. The zero-order chi connectivity index (χ0) is 16.8. The number of furan rings is 1. The van der Waals surface area contributed by atoms with Gasteiger partial charge >= 0.3 is 0 Å². The molecule has 0 N–H and O–H groups in total. The lowest BCUT2D eigenvalue weighted by Gasteiger charge is -2.09. The van der Waals surface area contributed by atoms with Gasteiger partial charge in [0.15, 0.2) is 11.0 Å². The van der Waals surface area contributed by atoms with Gasteiger partial charge in [-0.3, -0.25) is 4.57 Å². The highest BCUT2D eigenvalue weighted by molar-refractivity contribution is 7.99. The summed E-state index contributed by atoms with van der Waals surface area (Å²) in [7, 11) is 0. The highest BCUT2D eigenvalue weighted by Gasteiger charge is 2.15. The maximum absolute atomic E-state index is 8.66. The topological polar surface area (TPSA) is 67.6 Å². The molecule has 0 radical (unpaired) electrons. The first kappa shape index (κ1) is 16.3. The third-order valence-corrected chi connectivity index (χ3v) is 4.60. The van der Waals surface area contributed by atoms with E-state index in [-0.39, 0.29) is 0 Å². The lowest BCUT2D eigenvalue weighted by molar-refractivity contribution is 0.485. The van der Waals surface area contributed by atoms with Crippen LogP contribution < -0.4 is 0 Å². The summed E-state index contributed by atoms with van der Waals surface area (Å²) < 4.78 is 7.56. The SMILES string of the molecule is Cc1cccc(-c2nnc(SCCCC#N)n2Cc2ccco2)c1. The van der Waals surface area contributed by atoms with E-state index in [0.717, 1.165) is 34.5 Å². The van der Waals surface area contributed by atoms with Gasteiger partial charge in [-0.05, 0) is 31.5 Å². The van der Waals surface area contributed by atoms with Crippen LogP contribution in [0.15, 0.2) is 52.2 Å². The molecule has 3 aromatic rings. The van der Waals surface area contributed by atoms with Crippen LogP contribution in [0.4, 0.5) is 0 Å². The Hall–Kier alpha value is -2.52. The van der Waals surface area contributed by atoms with Crippen molar-refractivity contribution in [3.63, 3.8) is 0 Å². The molecule has 0 saturated heterocycles. The maximum atomic E-state index is 8.66. The summed E-state index contributed by atoms with van der Waals surface area (Å²) in [5.41, 5.74) is 2.22. The summed E-state index contributed by atoms with van der Waals surface area (Å²) in [6.45, 7) is 2.65. The van der Waals surface area contributed by atoms with E-state index >= 15 is 0 Å². The molecule has 2 aromatic heterocycles. The highest BCUT2D eigenvalue weighted by atomic mass is 32.2. The van der Waals surface area contributed by atoms with Crippen LogP contribution in [0.25, 0.3) is 11.4 Å². The van der Waals surface area contributed by atoms with Crippen LogP contribution in [0, 0.1) is 18.3 Å². The summed E-state index contributed by atoms with van der Waals surface area (Å²) in [6.07, 6.45) is 3.07. The lowest BCUT2D eigenvalue weighted by Crippen LogP contribution is -2.03. The summed E-state index contributed by atoms with van der Waals surface area (Å²) in [6, 6.07) is 14.2. The second-order valence-corrected chi connectivity index (χ2v) is 6.51. The molecule has 0 aliphatic rings. The van der Waals surface area contributed by atoms with Gasteiger partial charge in [-0.15, -0.1) is 10.2 Å². The van der Waals surface area contributed by atoms with Crippen LogP contribution in [0.1, 0.15) is 24.2 Å². The number of hydrogen-bond acceptors (Lipinski definition) is 5. The van der Waals surface area contributed by atoms with E-state index in [2.05, 4.69) is 39.9 Å². The Balaban J connectivity index is 1.90. The Bertz CT molecular complexity index is 833. The van der Waals surface area contributed by atoms with Crippen molar-refractivity contribution < 1.29 is 4.42 Å². The predicted molar refractivity (Wildman–Crippen MR) is 93.6 cm³/mol. The van der Waals surface area contributed by atoms with Crippen LogP contribution in [0.5, 0.6) is 0 Å². The van der Waals surface area contributed by atoms with Gasteiger partial charge in [0.1, 0.15) is 5.76 Å². The molecule has 0 saturated carbocycles. The van der Waals surface area contributed by atoms with Gasteiger partial charge in [0.2, 0.25) is 0 Å². The zero-order valence-corrected chi connectivity index (χ0v) is 14.3. The van der Waals surface area contributed by atoms with Crippen molar-refractivity contribution in [1.29, 1.82) is 5.26 Å². The zero-order valence-electron chi connectivity index (χ0n) is 13.5. The molecule has 24 heavy (non-hydrogen) atoms. The van der Waals surface area contributed by atoms with E-state index in [1.165, 1.54) is 5.56 Å². The van der Waals surface area contributed by atoms with Crippen molar-refractivity contribution in [3.8, 4) is 17.5 Å². The third kappa shape index (κ3) is 3.87. The Morgan fingerprint density at radius 3 is 2.92 bits per heavy atom. The number of nitriles is 1. The monoisotopic (exact) mass is 338 g/mol. The van der Waals surface area contributed by atoms with Crippen LogP contribution in [0.2, 0.25) is 0 Å². The van der Waals surface area contributed by atoms with Crippen molar-refractivity contribution in [2.45, 2.75) is 31.5 Å². The molecular weight excluding hydrogens is 320 g/mol. The van der Waals surface area contributed by atoms with E-state index in [9.17, 15) is 0 Å². The first-order valence-electron chi connectivity index (χ1n) is 7.80. The number of thioether (sulfide) groups is 1. The number of rotatable bonds is 7. The van der Waals surface area contributed by atoms with Crippen LogP contribution in [-0.2, 0) is 6.54 Å². The Morgan fingerprint density at radius 2 is 2.17 bits per heavy atom. The molecule has 5 nitrogen and oxygen atoms in total. The second kappa shape index (κ2) is 7.84. The minimum atomic E-state index is 0.560. The molecule has 0 aliphatic heterocycles. The number of benzene rings is 1. The molecule has 122 valence electrons. The predicted octanol–water partition coefficient (Wildman–Crippen LogP) is 4.29. The Kier molecular flexibility index (Phi) is 5.34. The standard InChI is InChI=1S/C18H18N4OS/c1-14-6-4-7-15(12-14)17-20-21-18(24-11-3-2-9-19)22(17)13-16-8-5-10-23-16/h4-8,10,12H,2-3,11,13H2,1H3. The Labute approximate surface area is 145 Å². The first-order chi connectivity index (χ1) is 11.8. The van der Waals surface area contributed by atoms with Gasteiger partial charge in [0.05, 0.1) is 18.9 Å². The first-order valence-corrected chi connectivity index (χ1v) is 8.79. The summed E-state index contributed by atoms with van der Waals surface area (Å²) in [5.74, 6) is 2.54. The normalized spacial score (nSPS) is 10.7. The summed E-state index contributed by atoms with van der Waals surface area (Å²) >= 11 is 1.63. The van der Waals surface area contributed by atoms with Crippen molar-refractivity contribution in [3.05, 3.63) is 54.0 Å². The Morgan fingerprint density at radius 1 is 1.25 bits per heavy atom. The average molecular weight is 338 g/mol. The molecule has 0 aliphatic carbocycles. The molecular formula is C18H18N4OS. The highest BCUT2D eigenvalue weighted by Crippen LogP contribution is 2.26. The molecule has 2 heterocycles. The molecule has 0 atom stereocenters. The van der Waals surface area contributed by atoms with Gasteiger partial charge in [0.25, 0.3) is 0 Å². The molecule has 0 fully saturated rings. The van der Waals surface area contributed by atoms with Gasteiger partial charge in [-0.2, -0.15) is 5.26 Å². The maximum Gasteiger partial charge on any atom is 0.191 e. The van der Waals surface area contributed by atoms with Gasteiger partial charge in [-0.25, -0.2) is 0 Å². The molecule has 6 heteroatoms. The van der Waals surface area contributed by atoms with Crippen molar-refractivity contribution in [2.75, 3.05) is 5.75 Å². The summed E-state index contributed by atoms with van der Waals surface area (Å²) in [4.78, 5) is 0. The second-order valence-electron chi connectivity index (χ2n) is 5.45. The van der Waals surface area contributed by atoms with Gasteiger partial charge in [-0.1, -0.05) is 35.5 Å². The van der Waals surface area contributed by atoms with Crippen LogP contribution in [0.3, 0.4) is 0 Å². The van der Waals surface area contributed by atoms with Crippen molar-refractivity contribution >= 4 is 11.8 Å². The smallest absolute Gasteiger partial charge is 0.191 e. The minimum Gasteiger partial charge on any atom is -0.467 e. The lowest BCUT2D eigenvalue weighted by atomic mass is 10.1. The minimum absolute atomic E-state index is 0.560.